The molecule has 0 saturated heterocycles. The van der Waals surface area contributed by atoms with Gasteiger partial charge in [-0.25, -0.2) is 11.5 Å². The van der Waals surface area contributed by atoms with Crippen LogP contribution in [0, 0.1) is 30.3 Å². The summed E-state index contributed by atoms with van der Waals surface area (Å²) in [5.41, 5.74) is -4.55. The second kappa shape index (κ2) is 6.91. The Morgan fingerprint density at radius 3 is 1.67 bits per heavy atom. The average Bonchev–Trinajstić information content (AvgIpc) is 2.37. The third kappa shape index (κ3) is 4.07. The van der Waals surface area contributed by atoms with Gasteiger partial charge in [0, 0.05) is 6.07 Å². The summed E-state index contributed by atoms with van der Waals surface area (Å²) >= 11 is 4.64. The van der Waals surface area contributed by atoms with Gasteiger partial charge in [0.25, 0.3) is 0 Å². The van der Waals surface area contributed by atoms with Crippen molar-refractivity contribution in [3.8, 4) is 0 Å². The van der Waals surface area contributed by atoms with E-state index in [1.807, 2.05) is 0 Å². The number of nitro benzene ring substituents is 3. The third-order valence-electron chi connectivity index (χ3n) is 1.93. The summed E-state index contributed by atoms with van der Waals surface area (Å²) in [5.74, 6) is 0. The van der Waals surface area contributed by atoms with Crippen molar-refractivity contribution in [3.63, 3.8) is 0 Å². The second-order valence-corrected chi connectivity index (χ2v) is 4.42. The lowest BCUT2D eigenvalue weighted by Gasteiger charge is -2.01. The molecular formula is C6H5BClN3O9S. The average molecular weight is 341 g/mol. The largest absolute Gasteiger partial charge is 0.423 e. The number of nitrogens with zero attached hydrogens (tertiary/aromatic N) is 3. The highest BCUT2D eigenvalue weighted by atomic mass is 35.5. The summed E-state index contributed by atoms with van der Waals surface area (Å²) in [7, 11) is -3.67. The zero-order valence-electron chi connectivity index (χ0n) is 10.00. The maximum Gasteiger partial charge on any atom is 0.423 e. The summed E-state index contributed by atoms with van der Waals surface area (Å²) in [4.78, 5) is 26.2. The van der Waals surface area contributed by atoms with Crippen molar-refractivity contribution in [3.05, 3.63) is 42.5 Å². The van der Waals surface area contributed by atoms with Crippen LogP contribution in [0.15, 0.2) is 17.0 Å². The van der Waals surface area contributed by atoms with Gasteiger partial charge in [-0.1, -0.05) is 0 Å². The summed E-state index contributed by atoms with van der Waals surface area (Å²) < 4.78 is 30.5. The third-order valence-corrected chi connectivity index (χ3v) is 2.82. The first kappa shape index (κ1) is 18.7. The number of nitro groups is 3. The van der Waals surface area contributed by atoms with Crippen LogP contribution in [-0.4, -0.2) is 35.0 Å². The van der Waals surface area contributed by atoms with Gasteiger partial charge >= 0.3 is 27.2 Å². The lowest BCUT2D eigenvalue weighted by atomic mass is 10.2. The predicted molar refractivity (Wildman–Crippen MR) is 70.6 cm³/mol. The first-order valence-corrected chi connectivity index (χ1v) is 6.72. The molecule has 1 N–H and O–H groups in total. The normalized spacial score (nSPS) is 10.2. The second-order valence-electron chi connectivity index (χ2n) is 3.03. The fourth-order valence-corrected chi connectivity index (χ4v) is 1.92. The molecule has 0 aliphatic rings. The van der Waals surface area contributed by atoms with E-state index in [0.29, 0.717) is 12.1 Å². The van der Waals surface area contributed by atoms with Gasteiger partial charge in [0.15, 0.2) is 4.90 Å². The van der Waals surface area contributed by atoms with E-state index in [-0.39, 0.29) is 0 Å². The zero-order valence-corrected chi connectivity index (χ0v) is 11.6. The molecule has 0 radical (unpaired) electrons. The molecule has 0 unspecified atom stereocenters. The summed E-state index contributed by atoms with van der Waals surface area (Å²) in [6.45, 7) is 0. The maximum absolute atomic E-state index is 10.9. The molecule has 0 heterocycles. The maximum atomic E-state index is 10.9. The van der Waals surface area contributed by atoms with Crippen molar-refractivity contribution < 1.29 is 27.7 Å². The van der Waals surface area contributed by atoms with Crippen LogP contribution in [0.1, 0.15) is 0 Å². The molecule has 0 saturated carbocycles. The highest BCUT2D eigenvalue weighted by Crippen LogP contribution is 2.40. The lowest BCUT2D eigenvalue weighted by Crippen LogP contribution is -2.08. The standard InChI is InChI=1S/C6H3N3O9S.BClH2/c10-7(11)3-1-2-4(19(16,17)18)6(9(14)15)5(3)8(12)13;1-2/h1-2H,(H,16,17,18);1H2. The van der Waals surface area contributed by atoms with Crippen LogP contribution in [0.2, 0.25) is 0 Å². The van der Waals surface area contributed by atoms with Crippen molar-refractivity contribution in [1.29, 1.82) is 0 Å². The molecule has 0 aliphatic heterocycles. The van der Waals surface area contributed by atoms with Gasteiger partial charge in [0.05, 0.1) is 14.8 Å². The number of benzene rings is 1. The Bertz CT molecular complexity index is 706. The zero-order chi connectivity index (χ0) is 17.0. The number of hydrogen-bond donors (Lipinski definition) is 1. The predicted octanol–water partition coefficient (Wildman–Crippen LogP) is 0.431. The fraction of sp³-hybridized carbons (Fsp3) is 0. The molecule has 1 rings (SSSR count). The Kier molecular flexibility index (Phi) is 6.15. The van der Waals surface area contributed by atoms with Crippen LogP contribution in [0.3, 0.4) is 0 Å². The summed E-state index contributed by atoms with van der Waals surface area (Å²) in [6.07, 6.45) is 0. The van der Waals surface area contributed by atoms with Gasteiger partial charge in [-0.2, -0.15) is 8.42 Å². The van der Waals surface area contributed by atoms with Gasteiger partial charge in [-0.3, -0.25) is 34.9 Å². The Labute approximate surface area is 121 Å². The van der Waals surface area contributed by atoms with E-state index < -0.39 is 46.8 Å². The van der Waals surface area contributed by atoms with Gasteiger partial charge < -0.3 is 0 Å². The van der Waals surface area contributed by atoms with E-state index in [9.17, 15) is 38.8 Å². The van der Waals surface area contributed by atoms with Crippen molar-refractivity contribution in [2.45, 2.75) is 4.90 Å². The first-order valence-electron chi connectivity index (χ1n) is 4.52. The SMILES string of the molecule is BCl.O=[N+]([O-])c1ccc(S(=O)(=O)O)c([N+](=O)[O-])c1[N+](=O)[O-]. The quantitative estimate of drug-likeness (QED) is 0.351. The number of rotatable bonds is 4. The van der Waals surface area contributed by atoms with Gasteiger partial charge in [-0.15, -0.1) is 0 Å². The van der Waals surface area contributed by atoms with Crippen LogP contribution in [-0.2, 0) is 10.1 Å². The van der Waals surface area contributed by atoms with Gasteiger partial charge in [0.1, 0.15) is 0 Å². The molecule has 0 amide bonds. The minimum atomic E-state index is -5.15. The van der Waals surface area contributed by atoms with Crippen LogP contribution >= 0.6 is 11.5 Å². The molecule has 114 valence electrons. The Morgan fingerprint density at radius 1 is 0.952 bits per heavy atom. The molecule has 0 aromatic heterocycles. The van der Waals surface area contributed by atoms with Crippen molar-refractivity contribution in [2.24, 2.45) is 0 Å². The molecular weight excluding hydrogens is 336 g/mol. The number of hydrogen-bond acceptors (Lipinski definition) is 8. The molecule has 0 fully saturated rings. The topological polar surface area (TPSA) is 184 Å². The van der Waals surface area contributed by atoms with Crippen LogP contribution in [0.4, 0.5) is 17.1 Å². The van der Waals surface area contributed by atoms with Crippen molar-refractivity contribution in [2.75, 3.05) is 0 Å². The van der Waals surface area contributed by atoms with Crippen LogP contribution < -0.4 is 0 Å². The Balaban J connectivity index is 0.00000191. The minimum Gasteiger partial charge on any atom is -0.282 e. The van der Waals surface area contributed by atoms with Gasteiger partial charge in [0.2, 0.25) is 7.26 Å². The smallest absolute Gasteiger partial charge is 0.282 e. The molecule has 0 spiro atoms. The molecule has 15 heteroatoms. The van der Waals surface area contributed by atoms with E-state index in [1.165, 1.54) is 7.26 Å². The monoisotopic (exact) mass is 341 g/mol. The first-order chi connectivity index (χ1) is 9.57. The minimum absolute atomic E-state index is 0.346. The highest BCUT2D eigenvalue weighted by molar-refractivity contribution is 7.86. The molecule has 1 aromatic rings. The van der Waals surface area contributed by atoms with E-state index in [2.05, 4.69) is 11.5 Å². The van der Waals surface area contributed by atoms with E-state index in [1.54, 1.807) is 0 Å². The molecule has 1 aromatic carbocycles. The molecule has 0 bridgehead atoms. The van der Waals surface area contributed by atoms with E-state index in [0.717, 1.165) is 0 Å². The number of halogens is 1. The Morgan fingerprint density at radius 2 is 1.38 bits per heavy atom. The highest BCUT2D eigenvalue weighted by Gasteiger charge is 2.42. The van der Waals surface area contributed by atoms with Crippen LogP contribution in [0.25, 0.3) is 0 Å². The van der Waals surface area contributed by atoms with E-state index >= 15 is 0 Å². The Hall–Kier alpha value is -2.32. The molecule has 0 atom stereocenters. The summed E-state index contributed by atoms with van der Waals surface area (Å²) in [5, 5.41) is 31.9. The van der Waals surface area contributed by atoms with E-state index in [4.69, 9.17) is 4.55 Å². The summed E-state index contributed by atoms with van der Waals surface area (Å²) in [6, 6.07) is 0.729. The fourth-order valence-electron chi connectivity index (χ4n) is 1.26. The molecule has 0 aliphatic carbocycles. The molecule has 21 heavy (non-hydrogen) atoms. The van der Waals surface area contributed by atoms with Crippen LogP contribution in [0.5, 0.6) is 0 Å². The lowest BCUT2D eigenvalue weighted by molar-refractivity contribution is -0.442. The van der Waals surface area contributed by atoms with Crippen molar-refractivity contribution in [1.82, 2.24) is 0 Å². The molecule has 12 nitrogen and oxygen atoms in total. The van der Waals surface area contributed by atoms with Gasteiger partial charge in [-0.05, 0) is 6.07 Å². The van der Waals surface area contributed by atoms with Crippen molar-refractivity contribution >= 4 is 45.9 Å².